The highest BCUT2D eigenvalue weighted by molar-refractivity contribution is 7.89. The number of sulfonamides is 1. The number of amides is 1. The molecule has 10 nitrogen and oxygen atoms in total. The molecule has 0 atom stereocenters. The Balaban J connectivity index is 0.00000560. The van der Waals surface area contributed by atoms with Gasteiger partial charge in [-0.25, -0.2) is 13.4 Å². The van der Waals surface area contributed by atoms with Crippen molar-refractivity contribution in [3.8, 4) is 17.9 Å². The van der Waals surface area contributed by atoms with Gasteiger partial charge >= 0.3 is 0 Å². The number of carbonyl (C=O) groups excluding carboxylic acids is 1. The van der Waals surface area contributed by atoms with Gasteiger partial charge in [0, 0.05) is 44.6 Å². The summed E-state index contributed by atoms with van der Waals surface area (Å²) in [5, 5.41) is 18.4. The molecule has 3 aromatic rings. The smallest absolute Gasteiger partial charge is 0.260 e. The van der Waals surface area contributed by atoms with Gasteiger partial charge in [-0.15, -0.1) is 12.4 Å². The van der Waals surface area contributed by atoms with Crippen LogP contribution in [0, 0.1) is 22.7 Å². The average Bonchev–Trinajstić information content (AvgIpc) is 3.38. The molecule has 0 aliphatic rings. The van der Waals surface area contributed by atoms with Crippen LogP contribution in [0.4, 0.5) is 5.13 Å². The first kappa shape index (κ1) is 32.9. The number of ether oxygens (including phenoxy) is 1. The monoisotopic (exact) mass is 604 g/mol. The Morgan fingerprint density at radius 2 is 1.60 bits per heavy atom. The van der Waals surface area contributed by atoms with Gasteiger partial charge in [0.25, 0.3) is 5.91 Å². The maximum atomic E-state index is 13.7. The van der Waals surface area contributed by atoms with Crippen LogP contribution in [0.5, 0.6) is 5.75 Å². The number of nitriles is 2. The third-order valence-electron chi connectivity index (χ3n) is 6.28. The normalized spacial score (nSPS) is 11.2. The van der Waals surface area contributed by atoms with Crippen LogP contribution in [0.2, 0.25) is 0 Å². The fourth-order valence-electron chi connectivity index (χ4n) is 3.98. The molecule has 0 aliphatic heterocycles. The minimum atomic E-state index is -3.94. The molecule has 0 saturated carbocycles. The van der Waals surface area contributed by atoms with Crippen LogP contribution in [0.25, 0.3) is 10.2 Å². The lowest BCUT2D eigenvalue weighted by molar-refractivity contribution is 0.0983. The molecule has 0 radical (unpaired) electrons. The van der Waals surface area contributed by atoms with Crippen molar-refractivity contribution < 1.29 is 17.9 Å². The van der Waals surface area contributed by atoms with Crippen LogP contribution in [0.1, 0.15) is 37.0 Å². The van der Waals surface area contributed by atoms with Gasteiger partial charge < -0.3 is 9.64 Å². The number of aromatic nitrogens is 1. The lowest BCUT2D eigenvalue weighted by Crippen LogP contribution is -2.39. The summed E-state index contributed by atoms with van der Waals surface area (Å²) in [4.78, 5) is 22.3. The zero-order valence-corrected chi connectivity index (χ0v) is 25.2. The van der Waals surface area contributed by atoms with E-state index in [-0.39, 0.29) is 49.1 Å². The first-order valence-corrected chi connectivity index (χ1v) is 14.9. The summed E-state index contributed by atoms with van der Waals surface area (Å²) in [5.41, 5.74) is 1.08. The van der Waals surface area contributed by atoms with Crippen molar-refractivity contribution in [2.24, 2.45) is 0 Å². The van der Waals surface area contributed by atoms with Gasteiger partial charge in [0.05, 0.1) is 34.4 Å². The fraction of sp³-hybridized carbons (Fsp3) is 0.407. The van der Waals surface area contributed by atoms with Crippen molar-refractivity contribution in [2.45, 2.75) is 31.6 Å². The molecule has 214 valence electrons. The molecule has 0 unspecified atom stereocenters. The van der Waals surface area contributed by atoms with E-state index in [1.54, 1.807) is 12.0 Å². The number of halogens is 1. The molecule has 1 aromatic heterocycles. The van der Waals surface area contributed by atoms with E-state index >= 15 is 0 Å². The van der Waals surface area contributed by atoms with Gasteiger partial charge in [0.15, 0.2) is 5.13 Å². The van der Waals surface area contributed by atoms with Gasteiger partial charge in [-0.2, -0.15) is 14.8 Å². The maximum absolute atomic E-state index is 13.7. The number of carbonyl (C=O) groups is 1. The largest absolute Gasteiger partial charge is 0.497 e. The highest BCUT2D eigenvalue weighted by Crippen LogP contribution is 2.32. The molecule has 0 aliphatic carbocycles. The molecule has 3 rings (SSSR count). The minimum Gasteiger partial charge on any atom is -0.497 e. The van der Waals surface area contributed by atoms with E-state index in [0.29, 0.717) is 29.5 Å². The molecule has 40 heavy (non-hydrogen) atoms. The molecule has 0 spiro atoms. The van der Waals surface area contributed by atoms with E-state index in [1.807, 2.05) is 30.3 Å². The predicted molar refractivity (Wildman–Crippen MR) is 159 cm³/mol. The second kappa shape index (κ2) is 15.5. The van der Waals surface area contributed by atoms with Crippen LogP contribution in [-0.4, -0.2) is 74.9 Å². The number of thiazole rings is 1. The van der Waals surface area contributed by atoms with Crippen molar-refractivity contribution >= 4 is 55.0 Å². The number of anilines is 1. The molecule has 13 heteroatoms. The summed E-state index contributed by atoms with van der Waals surface area (Å²) in [6.45, 7) is 6.85. The standard InChI is InChI=1S/C27H32N6O4S2.ClH/c1-4-31(5-2)18-19-33(27-30-24-13-10-22(37-3)20-25(24)38-27)26(34)21-8-11-23(12-9-21)39(35,36)32(16-6-14-28)17-7-15-29;/h8-13,20H,4-7,16-19H2,1-3H3;1H. The second-order valence-electron chi connectivity index (χ2n) is 8.56. The minimum absolute atomic E-state index is 0. The zero-order chi connectivity index (χ0) is 28.4. The highest BCUT2D eigenvalue weighted by atomic mass is 35.5. The average molecular weight is 605 g/mol. The molecule has 1 amide bonds. The Hall–Kier alpha value is -3.26. The Labute approximate surface area is 245 Å². The van der Waals surface area contributed by atoms with Crippen molar-refractivity contribution in [2.75, 3.05) is 51.3 Å². The van der Waals surface area contributed by atoms with E-state index in [1.165, 1.54) is 35.6 Å². The summed E-state index contributed by atoms with van der Waals surface area (Å²) in [6.07, 6.45) is 0.0214. The van der Waals surface area contributed by atoms with Crippen LogP contribution < -0.4 is 9.64 Å². The Bertz CT molecular complexity index is 1440. The zero-order valence-electron chi connectivity index (χ0n) is 22.7. The van der Waals surface area contributed by atoms with E-state index in [9.17, 15) is 13.2 Å². The fourth-order valence-corrected chi connectivity index (χ4v) is 6.44. The van der Waals surface area contributed by atoms with E-state index < -0.39 is 10.0 Å². The molecule has 0 fully saturated rings. The number of hydrogen-bond donors (Lipinski definition) is 0. The summed E-state index contributed by atoms with van der Waals surface area (Å²) in [6, 6.07) is 15.2. The number of hydrogen-bond acceptors (Lipinski definition) is 9. The van der Waals surface area contributed by atoms with E-state index in [2.05, 4.69) is 18.7 Å². The van der Waals surface area contributed by atoms with Crippen molar-refractivity contribution in [1.29, 1.82) is 10.5 Å². The summed E-state index contributed by atoms with van der Waals surface area (Å²) in [5.74, 6) is 0.414. The summed E-state index contributed by atoms with van der Waals surface area (Å²) >= 11 is 1.39. The predicted octanol–water partition coefficient (Wildman–Crippen LogP) is 4.53. The molecular weight excluding hydrogens is 572 g/mol. The van der Waals surface area contributed by atoms with Crippen molar-refractivity contribution in [1.82, 2.24) is 14.2 Å². The third kappa shape index (κ3) is 7.90. The topological polar surface area (TPSA) is 131 Å². The number of fused-ring (bicyclic) bond motifs is 1. The molecule has 0 bridgehead atoms. The van der Waals surface area contributed by atoms with Gasteiger partial charge in [0.1, 0.15) is 5.75 Å². The summed E-state index contributed by atoms with van der Waals surface area (Å²) < 4.78 is 33.7. The first-order valence-electron chi connectivity index (χ1n) is 12.6. The van der Waals surface area contributed by atoms with Crippen molar-refractivity contribution in [3.63, 3.8) is 0 Å². The number of rotatable bonds is 14. The van der Waals surface area contributed by atoms with Crippen LogP contribution in [-0.2, 0) is 10.0 Å². The number of likely N-dealkylation sites (N-methyl/N-ethyl adjacent to an activating group) is 1. The summed E-state index contributed by atoms with van der Waals surface area (Å²) in [7, 11) is -2.34. The number of methoxy groups -OCH3 is 1. The number of benzene rings is 2. The van der Waals surface area contributed by atoms with Gasteiger partial charge in [-0.1, -0.05) is 25.2 Å². The van der Waals surface area contributed by atoms with Crippen LogP contribution in [0.15, 0.2) is 47.4 Å². The van der Waals surface area contributed by atoms with Gasteiger partial charge in [0.2, 0.25) is 10.0 Å². The Kier molecular flexibility index (Phi) is 12.8. The van der Waals surface area contributed by atoms with Gasteiger partial charge in [-0.05, 0) is 55.6 Å². The lowest BCUT2D eigenvalue weighted by atomic mass is 10.2. The third-order valence-corrected chi connectivity index (χ3v) is 9.23. The lowest BCUT2D eigenvalue weighted by Gasteiger charge is -2.25. The molecule has 0 N–H and O–H groups in total. The molecule has 1 heterocycles. The first-order chi connectivity index (χ1) is 18.8. The SMILES string of the molecule is CCN(CC)CCN(C(=O)c1ccc(S(=O)(=O)N(CCC#N)CCC#N)cc1)c1nc2ccc(OC)cc2s1.Cl. The quantitative estimate of drug-likeness (QED) is 0.262. The maximum Gasteiger partial charge on any atom is 0.260 e. The highest BCUT2D eigenvalue weighted by Gasteiger charge is 2.26. The Morgan fingerprint density at radius 1 is 0.975 bits per heavy atom. The second-order valence-corrected chi connectivity index (χ2v) is 11.5. The molecule has 0 saturated heterocycles. The van der Waals surface area contributed by atoms with Crippen LogP contribution >= 0.6 is 23.7 Å². The van der Waals surface area contributed by atoms with Crippen molar-refractivity contribution in [3.05, 3.63) is 48.0 Å². The van der Waals surface area contributed by atoms with E-state index in [4.69, 9.17) is 20.2 Å². The van der Waals surface area contributed by atoms with Gasteiger partial charge in [-0.3, -0.25) is 9.69 Å². The number of nitrogens with zero attached hydrogens (tertiary/aromatic N) is 6. The van der Waals surface area contributed by atoms with E-state index in [0.717, 1.165) is 27.6 Å². The van der Waals surface area contributed by atoms with Crippen LogP contribution in [0.3, 0.4) is 0 Å². The Morgan fingerprint density at radius 3 is 2.15 bits per heavy atom. The molecule has 2 aromatic carbocycles. The molecular formula is C27H33ClN6O4S2.